The van der Waals surface area contributed by atoms with Crippen LogP contribution in [0.15, 0.2) is 24.3 Å². The van der Waals surface area contributed by atoms with Crippen LogP contribution in [0.2, 0.25) is 0 Å². The normalized spacial score (nSPS) is 13.4. The predicted octanol–water partition coefficient (Wildman–Crippen LogP) is 0.225. The second-order valence-electron chi connectivity index (χ2n) is 3.98. The first-order valence-corrected chi connectivity index (χ1v) is 5.41. The Hall–Kier alpha value is -2.41. The van der Waals surface area contributed by atoms with Crippen LogP contribution in [0.1, 0.15) is 18.4 Å². The number of carbonyl (C=O) groups is 3. The fourth-order valence-corrected chi connectivity index (χ4v) is 1.62. The van der Waals surface area contributed by atoms with Crippen molar-refractivity contribution in [2.45, 2.75) is 18.9 Å². The molecule has 0 radical (unpaired) electrons. The molecule has 1 aromatic rings. The smallest absolute Gasteiger partial charge is 0.321 e. The standard InChI is InChI=1S/C12H14N2O5/c1-6(15)14-8-4-2-7(3-5-8)9(11(16)17)10(13)12(18)19/h2-5,9-10H,13H2,1H3,(H,14,15)(H,16,17)(H,18,19)/t9?,10-/m0/s1. The van der Waals surface area contributed by atoms with Crippen LogP contribution in [0.3, 0.4) is 0 Å². The minimum atomic E-state index is -1.54. The van der Waals surface area contributed by atoms with Gasteiger partial charge in [0.15, 0.2) is 0 Å². The number of benzene rings is 1. The maximum atomic E-state index is 11.1. The lowest BCUT2D eigenvalue weighted by atomic mass is 9.92. The topological polar surface area (TPSA) is 130 Å². The maximum Gasteiger partial charge on any atom is 0.321 e. The van der Waals surface area contributed by atoms with E-state index in [2.05, 4.69) is 5.32 Å². The van der Waals surface area contributed by atoms with Crippen molar-refractivity contribution in [3.63, 3.8) is 0 Å². The summed E-state index contributed by atoms with van der Waals surface area (Å²) in [5.74, 6) is -4.31. The van der Waals surface area contributed by atoms with E-state index in [1.807, 2.05) is 0 Å². The Morgan fingerprint density at radius 2 is 1.63 bits per heavy atom. The lowest BCUT2D eigenvalue weighted by molar-refractivity contribution is -0.146. The molecule has 0 heterocycles. The van der Waals surface area contributed by atoms with E-state index in [0.717, 1.165) is 0 Å². The van der Waals surface area contributed by atoms with Crippen molar-refractivity contribution < 1.29 is 24.6 Å². The molecule has 0 aliphatic rings. The van der Waals surface area contributed by atoms with Crippen LogP contribution in [0.25, 0.3) is 0 Å². The molecule has 1 aromatic carbocycles. The molecule has 1 rings (SSSR count). The number of carboxylic acids is 2. The molecule has 0 saturated carbocycles. The molecule has 7 nitrogen and oxygen atoms in total. The highest BCUT2D eigenvalue weighted by molar-refractivity contribution is 5.89. The largest absolute Gasteiger partial charge is 0.481 e. The molecule has 0 fully saturated rings. The third-order valence-corrected chi connectivity index (χ3v) is 2.50. The van der Waals surface area contributed by atoms with Crippen LogP contribution in [-0.2, 0) is 14.4 Å². The molecular weight excluding hydrogens is 252 g/mol. The van der Waals surface area contributed by atoms with Gasteiger partial charge in [-0.2, -0.15) is 0 Å². The minimum Gasteiger partial charge on any atom is -0.481 e. The Morgan fingerprint density at radius 3 is 2.00 bits per heavy atom. The third kappa shape index (κ3) is 3.78. The third-order valence-electron chi connectivity index (χ3n) is 2.50. The Balaban J connectivity index is 3.01. The molecule has 0 aromatic heterocycles. The lowest BCUT2D eigenvalue weighted by Gasteiger charge is -2.17. The molecule has 2 atom stereocenters. The molecule has 5 N–H and O–H groups in total. The van der Waals surface area contributed by atoms with Gasteiger partial charge in [0.05, 0.1) is 0 Å². The number of nitrogens with one attached hydrogen (secondary N) is 1. The molecule has 0 aliphatic heterocycles. The summed E-state index contributed by atoms with van der Waals surface area (Å²) < 4.78 is 0. The monoisotopic (exact) mass is 266 g/mol. The van der Waals surface area contributed by atoms with Crippen molar-refractivity contribution in [3.8, 4) is 0 Å². The van der Waals surface area contributed by atoms with E-state index in [1.54, 1.807) is 0 Å². The lowest BCUT2D eigenvalue weighted by Crippen LogP contribution is -2.40. The number of amides is 1. The second kappa shape index (κ2) is 5.96. The molecule has 0 bridgehead atoms. The number of nitrogens with two attached hydrogens (primary N) is 1. The van der Waals surface area contributed by atoms with Gasteiger partial charge in [-0.25, -0.2) is 0 Å². The average molecular weight is 266 g/mol. The fourth-order valence-electron chi connectivity index (χ4n) is 1.62. The number of carbonyl (C=O) groups excluding carboxylic acids is 1. The number of rotatable bonds is 5. The highest BCUT2D eigenvalue weighted by Gasteiger charge is 2.32. The van der Waals surface area contributed by atoms with Gasteiger partial charge in [-0.3, -0.25) is 14.4 Å². The molecule has 1 unspecified atom stereocenters. The van der Waals surface area contributed by atoms with Gasteiger partial charge in [-0.1, -0.05) is 12.1 Å². The highest BCUT2D eigenvalue weighted by Crippen LogP contribution is 2.21. The van der Waals surface area contributed by atoms with E-state index < -0.39 is 23.9 Å². The van der Waals surface area contributed by atoms with Gasteiger partial charge >= 0.3 is 11.9 Å². The Morgan fingerprint density at radius 1 is 1.11 bits per heavy atom. The van der Waals surface area contributed by atoms with E-state index >= 15 is 0 Å². The number of hydrogen-bond donors (Lipinski definition) is 4. The Labute approximate surface area is 109 Å². The van der Waals surface area contributed by atoms with Crippen molar-refractivity contribution in [2.24, 2.45) is 5.73 Å². The van der Waals surface area contributed by atoms with Gasteiger partial charge in [0.2, 0.25) is 5.91 Å². The Kier molecular flexibility index (Phi) is 4.60. The number of aliphatic carboxylic acids is 2. The quantitative estimate of drug-likeness (QED) is 0.603. The first kappa shape index (κ1) is 14.7. The van der Waals surface area contributed by atoms with E-state index in [4.69, 9.17) is 15.9 Å². The molecule has 7 heteroatoms. The molecule has 0 saturated heterocycles. The van der Waals surface area contributed by atoms with Crippen LogP contribution in [-0.4, -0.2) is 34.1 Å². The van der Waals surface area contributed by atoms with Gasteiger partial charge in [-0.15, -0.1) is 0 Å². The molecule has 19 heavy (non-hydrogen) atoms. The molecule has 1 amide bonds. The van der Waals surface area contributed by atoms with Crippen molar-refractivity contribution >= 4 is 23.5 Å². The van der Waals surface area contributed by atoms with Gasteiger partial charge in [0.25, 0.3) is 0 Å². The zero-order chi connectivity index (χ0) is 14.6. The van der Waals surface area contributed by atoms with E-state index in [0.29, 0.717) is 5.69 Å². The first-order valence-electron chi connectivity index (χ1n) is 5.41. The summed E-state index contributed by atoms with van der Waals surface area (Å²) in [7, 11) is 0. The summed E-state index contributed by atoms with van der Waals surface area (Å²) in [6.07, 6.45) is 0. The predicted molar refractivity (Wildman–Crippen MR) is 66.7 cm³/mol. The molecule has 0 spiro atoms. The SMILES string of the molecule is CC(=O)Nc1ccc(C(C(=O)O)[C@H](N)C(=O)O)cc1. The van der Waals surface area contributed by atoms with Gasteiger partial charge in [0, 0.05) is 12.6 Å². The summed E-state index contributed by atoms with van der Waals surface area (Å²) in [6, 6.07) is 4.28. The van der Waals surface area contributed by atoms with Crippen molar-refractivity contribution in [1.82, 2.24) is 0 Å². The van der Waals surface area contributed by atoms with Crippen LogP contribution < -0.4 is 11.1 Å². The summed E-state index contributed by atoms with van der Waals surface area (Å²) in [4.78, 5) is 32.7. The minimum absolute atomic E-state index is 0.259. The summed E-state index contributed by atoms with van der Waals surface area (Å²) in [5.41, 5.74) is 6.11. The Bertz CT molecular complexity index is 497. The van der Waals surface area contributed by atoms with E-state index in [9.17, 15) is 14.4 Å². The average Bonchev–Trinajstić information content (AvgIpc) is 2.30. The fraction of sp³-hybridized carbons (Fsp3) is 0.250. The number of hydrogen-bond acceptors (Lipinski definition) is 4. The maximum absolute atomic E-state index is 11.1. The van der Waals surface area contributed by atoms with Gasteiger partial charge < -0.3 is 21.3 Å². The summed E-state index contributed by atoms with van der Waals surface area (Å²) in [5, 5.41) is 20.4. The highest BCUT2D eigenvalue weighted by atomic mass is 16.4. The van der Waals surface area contributed by atoms with Crippen molar-refractivity contribution in [1.29, 1.82) is 0 Å². The van der Waals surface area contributed by atoms with Crippen LogP contribution >= 0.6 is 0 Å². The zero-order valence-corrected chi connectivity index (χ0v) is 10.2. The number of anilines is 1. The van der Waals surface area contributed by atoms with E-state index in [1.165, 1.54) is 31.2 Å². The van der Waals surface area contributed by atoms with Crippen LogP contribution in [0.5, 0.6) is 0 Å². The van der Waals surface area contributed by atoms with Crippen molar-refractivity contribution in [3.05, 3.63) is 29.8 Å². The second-order valence-corrected chi connectivity index (χ2v) is 3.98. The van der Waals surface area contributed by atoms with Crippen LogP contribution in [0, 0.1) is 0 Å². The van der Waals surface area contributed by atoms with E-state index in [-0.39, 0.29) is 11.5 Å². The zero-order valence-electron chi connectivity index (χ0n) is 10.2. The van der Waals surface area contributed by atoms with Gasteiger partial charge in [-0.05, 0) is 17.7 Å². The molecule has 0 aliphatic carbocycles. The summed E-state index contributed by atoms with van der Waals surface area (Å²) >= 11 is 0. The van der Waals surface area contributed by atoms with Gasteiger partial charge in [0.1, 0.15) is 12.0 Å². The number of carboxylic acid groups (broad SMARTS) is 2. The van der Waals surface area contributed by atoms with Crippen LogP contribution in [0.4, 0.5) is 5.69 Å². The molecular formula is C12H14N2O5. The summed E-state index contributed by atoms with van der Waals surface area (Å²) in [6.45, 7) is 1.34. The van der Waals surface area contributed by atoms with Crippen molar-refractivity contribution in [2.75, 3.05) is 5.32 Å². The molecule has 102 valence electrons. The first-order chi connectivity index (χ1) is 8.82.